The van der Waals surface area contributed by atoms with Gasteiger partial charge in [-0.1, -0.05) is 29.8 Å². The van der Waals surface area contributed by atoms with Gasteiger partial charge in [-0.3, -0.25) is 9.78 Å². The molecule has 0 radical (unpaired) electrons. The van der Waals surface area contributed by atoms with Gasteiger partial charge in [0.2, 0.25) is 0 Å². The van der Waals surface area contributed by atoms with Crippen molar-refractivity contribution in [1.82, 2.24) is 10.3 Å². The summed E-state index contributed by atoms with van der Waals surface area (Å²) in [5.41, 5.74) is 2.90. The Kier molecular flexibility index (Phi) is 4.38. The van der Waals surface area contributed by atoms with E-state index in [4.69, 9.17) is 0 Å². The number of carbonyl (C=O) groups excluding carboxylic acids is 1. The predicted octanol–water partition coefficient (Wildman–Crippen LogP) is 2.56. The van der Waals surface area contributed by atoms with Crippen LogP contribution in [0.2, 0.25) is 0 Å². The lowest BCUT2D eigenvalue weighted by atomic mass is 10.0. The zero-order valence-electron chi connectivity index (χ0n) is 12.6. The summed E-state index contributed by atoms with van der Waals surface area (Å²) in [5, 5.41) is 12.0. The molecule has 0 saturated heterocycles. The van der Waals surface area contributed by atoms with E-state index in [1.807, 2.05) is 31.2 Å². The maximum Gasteiger partial charge on any atom is 0.253 e. The number of carbonyl (C=O) groups is 1. The first-order valence-electron chi connectivity index (χ1n) is 6.87. The molecule has 1 aromatic carbocycles. The predicted molar refractivity (Wildman–Crippen MR) is 83.0 cm³/mol. The lowest BCUT2D eigenvalue weighted by Gasteiger charge is -2.23. The lowest BCUT2D eigenvalue weighted by molar-refractivity contribution is 0.0869. The third-order valence-electron chi connectivity index (χ3n) is 3.20. The number of benzene rings is 1. The third-order valence-corrected chi connectivity index (χ3v) is 3.20. The third kappa shape index (κ3) is 3.89. The molecule has 0 bridgehead atoms. The number of aliphatic hydroxyl groups is 1. The van der Waals surface area contributed by atoms with Crippen LogP contribution in [0.3, 0.4) is 0 Å². The number of amides is 1. The Morgan fingerprint density at radius 1 is 1.24 bits per heavy atom. The quantitative estimate of drug-likeness (QED) is 0.907. The summed E-state index contributed by atoms with van der Waals surface area (Å²) in [5.74, 6) is -0.240. The van der Waals surface area contributed by atoms with Gasteiger partial charge in [0.05, 0.1) is 17.7 Å². The zero-order valence-corrected chi connectivity index (χ0v) is 12.6. The molecule has 4 heteroatoms. The highest BCUT2D eigenvalue weighted by Crippen LogP contribution is 2.20. The van der Waals surface area contributed by atoms with Crippen LogP contribution in [-0.4, -0.2) is 28.1 Å². The molecule has 0 atom stereocenters. The van der Waals surface area contributed by atoms with Crippen molar-refractivity contribution in [2.75, 3.05) is 6.61 Å². The fraction of sp³-hybridized carbons (Fsp3) is 0.294. The number of rotatable bonds is 4. The van der Waals surface area contributed by atoms with Crippen molar-refractivity contribution in [2.45, 2.75) is 26.3 Å². The Hall–Kier alpha value is -2.20. The summed E-state index contributed by atoms with van der Waals surface area (Å²) < 4.78 is 0. The summed E-state index contributed by atoms with van der Waals surface area (Å²) in [4.78, 5) is 16.4. The second-order valence-corrected chi connectivity index (χ2v) is 5.83. The molecule has 2 aromatic rings. The van der Waals surface area contributed by atoms with Crippen molar-refractivity contribution in [2.24, 2.45) is 0 Å². The molecular formula is C17H20N2O2. The van der Waals surface area contributed by atoms with E-state index in [1.54, 1.807) is 20.0 Å². The van der Waals surface area contributed by atoms with Crippen molar-refractivity contribution in [3.63, 3.8) is 0 Å². The molecular weight excluding hydrogens is 264 g/mol. The van der Waals surface area contributed by atoms with Gasteiger partial charge in [0, 0.05) is 18.0 Å². The number of nitrogens with one attached hydrogen (secondary N) is 1. The summed E-state index contributed by atoms with van der Waals surface area (Å²) >= 11 is 0. The van der Waals surface area contributed by atoms with Crippen LogP contribution in [0, 0.1) is 6.92 Å². The fourth-order valence-corrected chi connectivity index (χ4v) is 1.97. The van der Waals surface area contributed by atoms with Gasteiger partial charge in [0.15, 0.2) is 0 Å². The Morgan fingerprint density at radius 2 is 2.00 bits per heavy atom. The highest BCUT2D eigenvalue weighted by atomic mass is 16.3. The first-order valence-corrected chi connectivity index (χ1v) is 6.87. The number of pyridine rings is 1. The Bertz CT molecular complexity index is 651. The molecule has 21 heavy (non-hydrogen) atoms. The van der Waals surface area contributed by atoms with Crippen LogP contribution in [0.15, 0.2) is 42.7 Å². The second kappa shape index (κ2) is 6.06. The molecule has 2 rings (SSSR count). The van der Waals surface area contributed by atoms with Crippen molar-refractivity contribution >= 4 is 5.91 Å². The molecule has 110 valence electrons. The number of nitrogens with zero attached hydrogens (tertiary/aromatic N) is 1. The summed E-state index contributed by atoms with van der Waals surface area (Å²) in [7, 11) is 0. The van der Waals surface area contributed by atoms with Gasteiger partial charge in [-0.2, -0.15) is 0 Å². The molecule has 0 fully saturated rings. The van der Waals surface area contributed by atoms with Gasteiger partial charge >= 0.3 is 0 Å². The van der Waals surface area contributed by atoms with E-state index in [0.717, 1.165) is 16.7 Å². The van der Waals surface area contributed by atoms with E-state index in [1.165, 1.54) is 6.20 Å². The standard InChI is InChI=1S/C17H20N2O2/c1-12-5-4-6-13(7-12)14-8-15(10-18-9-14)16(21)19-17(2,3)11-20/h4-10,20H,11H2,1-3H3,(H,19,21). The molecule has 0 aliphatic carbocycles. The molecule has 1 heterocycles. The van der Waals surface area contributed by atoms with Crippen molar-refractivity contribution in [3.05, 3.63) is 53.9 Å². The number of aromatic nitrogens is 1. The topological polar surface area (TPSA) is 62.2 Å². The van der Waals surface area contributed by atoms with Gasteiger partial charge < -0.3 is 10.4 Å². The van der Waals surface area contributed by atoms with E-state index in [0.29, 0.717) is 5.56 Å². The van der Waals surface area contributed by atoms with Gasteiger partial charge in [-0.25, -0.2) is 0 Å². The van der Waals surface area contributed by atoms with Crippen LogP contribution in [0.4, 0.5) is 0 Å². The Morgan fingerprint density at radius 3 is 2.67 bits per heavy atom. The molecule has 2 N–H and O–H groups in total. The second-order valence-electron chi connectivity index (χ2n) is 5.83. The maximum atomic E-state index is 12.2. The molecule has 0 aliphatic rings. The van der Waals surface area contributed by atoms with E-state index < -0.39 is 5.54 Å². The molecule has 1 amide bonds. The van der Waals surface area contributed by atoms with Gasteiger partial charge in [-0.05, 0) is 32.4 Å². The van der Waals surface area contributed by atoms with Crippen molar-refractivity contribution in [3.8, 4) is 11.1 Å². The minimum atomic E-state index is -0.656. The molecule has 0 unspecified atom stereocenters. The number of hydrogen-bond acceptors (Lipinski definition) is 3. The van der Waals surface area contributed by atoms with E-state index >= 15 is 0 Å². The van der Waals surface area contributed by atoms with E-state index in [2.05, 4.69) is 16.4 Å². The number of hydrogen-bond donors (Lipinski definition) is 2. The number of aryl methyl sites for hydroxylation is 1. The normalized spacial score (nSPS) is 11.2. The minimum Gasteiger partial charge on any atom is -0.394 e. The smallest absolute Gasteiger partial charge is 0.253 e. The van der Waals surface area contributed by atoms with Crippen molar-refractivity contribution in [1.29, 1.82) is 0 Å². The van der Waals surface area contributed by atoms with Crippen LogP contribution in [-0.2, 0) is 0 Å². The van der Waals surface area contributed by atoms with Gasteiger partial charge in [0.25, 0.3) is 5.91 Å². The fourth-order valence-electron chi connectivity index (χ4n) is 1.97. The zero-order chi connectivity index (χ0) is 15.5. The summed E-state index contributed by atoms with van der Waals surface area (Å²) in [6.07, 6.45) is 3.27. The number of aliphatic hydroxyl groups excluding tert-OH is 1. The van der Waals surface area contributed by atoms with Crippen LogP contribution in [0.1, 0.15) is 29.8 Å². The Balaban J connectivity index is 2.28. The van der Waals surface area contributed by atoms with Gasteiger partial charge in [0.1, 0.15) is 0 Å². The van der Waals surface area contributed by atoms with E-state index in [9.17, 15) is 9.90 Å². The van der Waals surface area contributed by atoms with Crippen LogP contribution in [0.5, 0.6) is 0 Å². The Labute approximate surface area is 124 Å². The molecule has 4 nitrogen and oxygen atoms in total. The highest BCUT2D eigenvalue weighted by molar-refractivity contribution is 5.95. The first-order chi connectivity index (χ1) is 9.91. The maximum absolute atomic E-state index is 12.2. The largest absolute Gasteiger partial charge is 0.394 e. The van der Waals surface area contributed by atoms with Crippen LogP contribution in [0.25, 0.3) is 11.1 Å². The molecule has 0 aliphatic heterocycles. The molecule has 0 saturated carbocycles. The monoisotopic (exact) mass is 284 g/mol. The first kappa shape index (κ1) is 15.2. The average Bonchev–Trinajstić information content (AvgIpc) is 2.47. The van der Waals surface area contributed by atoms with Crippen LogP contribution < -0.4 is 5.32 Å². The molecule has 0 spiro atoms. The van der Waals surface area contributed by atoms with E-state index in [-0.39, 0.29) is 12.5 Å². The van der Waals surface area contributed by atoms with Crippen LogP contribution >= 0.6 is 0 Å². The average molecular weight is 284 g/mol. The summed E-state index contributed by atoms with van der Waals surface area (Å²) in [6.45, 7) is 5.44. The summed E-state index contributed by atoms with van der Waals surface area (Å²) in [6, 6.07) is 9.85. The highest BCUT2D eigenvalue weighted by Gasteiger charge is 2.20. The SMILES string of the molecule is Cc1cccc(-c2cncc(C(=O)NC(C)(C)CO)c2)c1. The van der Waals surface area contributed by atoms with Gasteiger partial charge in [-0.15, -0.1) is 0 Å². The lowest BCUT2D eigenvalue weighted by Crippen LogP contribution is -2.46. The van der Waals surface area contributed by atoms with Crippen molar-refractivity contribution < 1.29 is 9.90 Å². The minimum absolute atomic E-state index is 0.121. The molecule has 1 aromatic heterocycles.